The van der Waals surface area contributed by atoms with E-state index in [1.165, 1.54) is 109 Å². The summed E-state index contributed by atoms with van der Waals surface area (Å²) in [6, 6.07) is -1.05. The number of nitrogens with one attached hydrogen (secondary N) is 1. The highest BCUT2D eigenvalue weighted by Gasteiger charge is 2.53. The van der Waals surface area contributed by atoms with Crippen LogP contribution in [0.25, 0.3) is 0 Å². The number of aliphatic hydroxyl groups is 11. The number of aliphatic hydroxyl groups excluding tert-OH is 11. The van der Waals surface area contributed by atoms with Crippen molar-refractivity contribution in [2.24, 2.45) is 0 Å². The normalized spacial score (nSPS) is 29.8. The average Bonchev–Trinajstić information content (AvgIpc) is 2.81. The van der Waals surface area contributed by atoms with Gasteiger partial charge in [0.15, 0.2) is 18.9 Å². The molecule has 3 aliphatic heterocycles. The lowest BCUT2D eigenvalue weighted by atomic mass is 9.96. The smallest absolute Gasteiger partial charge is 0.224 e. The van der Waals surface area contributed by atoms with E-state index >= 15 is 0 Å². The van der Waals surface area contributed by atoms with E-state index < -0.39 is 137 Å². The molecule has 12 N–H and O–H groups in total. The van der Waals surface area contributed by atoms with E-state index in [-0.39, 0.29) is 6.42 Å². The molecule has 19 heteroatoms. The number of unbranched alkanes of at least 4 members (excludes halogenated alkanes) is 19. The fraction of sp³-hybridized carbons (Fsp3) is 0.769. The zero-order valence-corrected chi connectivity index (χ0v) is 50.6. The van der Waals surface area contributed by atoms with E-state index in [0.717, 1.165) is 44.9 Å². The zero-order valence-electron chi connectivity index (χ0n) is 50.6. The Hall–Kier alpha value is -3.03. The number of hydrogen-bond acceptors (Lipinski definition) is 18. The minimum atomic E-state index is -1.99. The second-order valence-electron chi connectivity index (χ2n) is 22.5. The molecule has 0 aliphatic carbocycles. The van der Waals surface area contributed by atoms with Crippen LogP contribution in [0.3, 0.4) is 0 Å². The van der Waals surface area contributed by atoms with Gasteiger partial charge in [-0.05, 0) is 57.8 Å². The zero-order chi connectivity index (χ0) is 61.2. The maximum Gasteiger partial charge on any atom is 0.224 e. The average molecular weight is 1190 g/mol. The van der Waals surface area contributed by atoms with Crippen LogP contribution in [0.4, 0.5) is 0 Å². The number of ether oxygens (including phenoxy) is 6. The molecule has 1 amide bonds. The SMILES string of the molecule is CC/C=C\C/C=C\C/C=C\C/C=C\C/C=C\CC(=O)NC(COC1OC(CO)C(OC2OC(CO)C(OC3OC(CO)C(O)C(O)C3O)C(O)C2O)C(O)C1O)C(O)/C=C/CC/C=C/CCCCCCCCCCCCCCCCCCCC. The third-order valence-corrected chi connectivity index (χ3v) is 15.5. The summed E-state index contributed by atoms with van der Waals surface area (Å²) in [4.78, 5) is 13.3. The molecular formula is C65H111NO18. The van der Waals surface area contributed by atoms with Gasteiger partial charge >= 0.3 is 0 Å². The molecule has 484 valence electrons. The molecule has 3 fully saturated rings. The lowest BCUT2D eigenvalue weighted by molar-refractivity contribution is -0.379. The predicted molar refractivity (Wildman–Crippen MR) is 323 cm³/mol. The topological polar surface area (TPSA) is 307 Å². The second kappa shape index (κ2) is 47.0. The van der Waals surface area contributed by atoms with Crippen LogP contribution in [-0.4, -0.2) is 193 Å². The first-order valence-corrected chi connectivity index (χ1v) is 31.8. The van der Waals surface area contributed by atoms with E-state index in [0.29, 0.717) is 12.8 Å². The Morgan fingerprint density at radius 2 is 0.833 bits per heavy atom. The molecule has 3 heterocycles. The van der Waals surface area contributed by atoms with Gasteiger partial charge in [-0.25, -0.2) is 0 Å². The lowest BCUT2D eigenvalue weighted by Gasteiger charge is -2.48. The third kappa shape index (κ3) is 29.8. The molecule has 0 aromatic rings. The van der Waals surface area contributed by atoms with Crippen LogP contribution >= 0.6 is 0 Å². The van der Waals surface area contributed by atoms with Gasteiger partial charge in [0.25, 0.3) is 0 Å². The number of hydrogen-bond donors (Lipinski definition) is 12. The van der Waals surface area contributed by atoms with Crippen molar-refractivity contribution in [2.45, 2.75) is 291 Å². The van der Waals surface area contributed by atoms with Crippen LogP contribution in [-0.2, 0) is 33.2 Å². The van der Waals surface area contributed by atoms with Crippen molar-refractivity contribution in [3.05, 3.63) is 85.1 Å². The summed E-state index contributed by atoms with van der Waals surface area (Å²) in [6.07, 6.45) is 31.8. The van der Waals surface area contributed by atoms with Crippen LogP contribution in [0, 0.1) is 0 Å². The number of rotatable bonds is 46. The monoisotopic (exact) mass is 1190 g/mol. The van der Waals surface area contributed by atoms with Gasteiger partial charge in [0.1, 0.15) is 73.2 Å². The van der Waals surface area contributed by atoms with Gasteiger partial charge in [-0.3, -0.25) is 4.79 Å². The van der Waals surface area contributed by atoms with Crippen molar-refractivity contribution >= 4 is 5.91 Å². The van der Waals surface area contributed by atoms with E-state index in [1.807, 2.05) is 24.3 Å². The first-order valence-electron chi connectivity index (χ1n) is 31.8. The summed E-state index contributed by atoms with van der Waals surface area (Å²) in [5.74, 6) is -0.415. The van der Waals surface area contributed by atoms with Gasteiger partial charge in [-0.15, -0.1) is 0 Å². The van der Waals surface area contributed by atoms with E-state index in [1.54, 1.807) is 12.2 Å². The Balaban J connectivity index is 1.50. The highest BCUT2D eigenvalue weighted by molar-refractivity contribution is 5.77. The number of carbonyl (C=O) groups is 1. The fourth-order valence-electron chi connectivity index (χ4n) is 10.3. The standard InChI is InChI=1S/C65H111NO18/c1-3-5-7-9-11-13-15-17-19-20-21-22-23-24-25-26-27-29-30-32-34-36-38-40-42-49(70)48(66-53(71)43-41-39-37-35-33-31-28-18-16-14-12-10-8-6-4-2)47-79-63-59(77)56(74)61(51(45-68)81-63)84-65-60(78)57(75)62(52(46-69)82-65)83-64-58(76)55(73)54(72)50(44-67)80-64/h6,8,12,14,18,28,32-35,39-42,48-52,54-65,67-70,72-78H,3-5,7,9-11,13,15-17,19-27,29-31,36-38,43-47H2,1-2H3,(H,66,71)/b8-6-,14-12-,28-18-,34-32+,35-33-,41-39-,42-40+. The van der Waals surface area contributed by atoms with Crippen molar-refractivity contribution in [3.63, 3.8) is 0 Å². The maximum absolute atomic E-state index is 13.3. The van der Waals surface area contributed by atoms with Crippen LogP contribution in [0.15, 0.2) is 85.1 Å². The Morgan fingerprint density at radius 3 is 1.31 bits per heavy atom. The van der Waals surface area contributed by atoms with Crippen molar-refractivity contribution in [2.75, 3.05) is 26.4 Å². The highest BCUT2D eigenvalue weighted by atomic mass is 16.8. The minimum Gasteiger partial charge on any atom is -0.394 e. The maximum atomic E-state index is 13.3. The molecule has 0 spiro atoms. The van der Waals surface area contributed by atoms with Crippen molar-refractivity contribution in [3.8, 4) is 0 Å². The molecule has 3 rings (SSSR count). The number of carbonyl (C=O) groups excluding carboxylic acids is 1. The lowest BCUT2D eigenvalue weighted by Crippen LogP contribution is -2.66. The van der Waals surface area contributed by atoms with Gasteiger partial charge < -0.3 is 89.9 Å². The molecule has 19 nitrogen and oxygen atoms in total. The first kappa shape index (κ1) is 75.2. The van der Waals surface area contributed by atoms with Crippen LogP contribution in [0.5, 0.6) is 0 Å². The number of amides is 1. The van der Waals surface area contributed by atoms with Gasteiger partial charge in [0.2, 0.25) is 5.91 Å². The Morgan fingerprint density at radius 1 is 0.440 bits per heavy atom. The molecule has 0 bridgehead atoms. The minimum absolute atomic E-state index is 0.000846. The Bertz CT molecular complexity index is 1860. The van der Waals surface area contributed by atoms with E-state index in [2.05, 4.69) is 67.8 Å². The van der Waals surface area contributed by atoms with Gasteiger partial charge in [0.05, 0.1) is 38.6 Å². The first-order chi connectivity index (χ1) is 40.8. The van der Waals surface area contributed by atoms with Crippen LogP contribution in [0.2, 0.25) is 0 Å². The molecule has 0 radical (unpaired) electrons. The largest absolute Gasteiger partial charge is 0.394 e. The molecule has 0 aromatic heterocycles. The second-order valence-corrected chi connectivity index (χ2v) is 22.5. The fourth-order valence-corrected chi connectivity index (χ4v) is 10.3. The Labute approximate surface area is 501 Å². The van der Waals surface area contributed by atoms with Crippen molar-refractivity contribution in [1.82, 2.24) is 5.32 Å². The van der Waals surface area contributed by atoms with Gasteiger partial charge in [0, 0.05) is 6.42 Å². The molecule has 84 heavy (non-hydrogen) atoms. The quantitative estimate of drug-likeness (QED) is 0.0221. The summed E-state index contributed by atoms with van der Waals surface area (Å²) in [7, 11) is 0. The van der Waals surface area contributed by atoms with Crippen molar-refractivity contribution < 1.29 is 89.4 Å². The van der Waals surface area contributed by atoms with E-state index in [4.69, 9.17) is 28.4 Å². The van der Waals surface area contributed by atoms with Gasteiger partial charge in [-0.2, -0.15) is 0 Å². The molecule has 17 unspecified atom stereocenters. The van der Waals surface area contributed by atoms with Crippen molar-refractivity contribution in [1.29, 1.82) is 0 Å². The molecular weight excluding hydrogens is 1080 g/mol. The summed E-state index contributed by atoms with van der Waals surface area (Å²) in [6.45, 7) is 1.51. The molecule has 0 aromatic carbocycles. The third-order valence-electron chi connectivity index (χ3n) is 15.5. The number of allylic oxidation sites excluding steroid dienone is 12. The van der Waals surface area contributed by atoms with Gasteiger partial charge in [-0.1, -0.05) is 208 Å². The summed E-state index contributed by atoms with van der Waals surface area (Å²) >= 11 is 0. The predicted octanol–water partition coefficient (Wildman–Crippen LogP) is 6.76. The van der Waals surface area contributed by atoms with E-state index in [9.17, 15) is 61.0 Å². The highest BCUT2D eigenvalue weighted by Crippen LogP contribution is 2.33. The molecule has 3 aliphatic rings. The molecule has 0 saturated carbocycles. The summed E-state index contributed by atoms with van der Waals surface area (Å²) in [5, 5.41) is 120. The Kier molecular flexibility index (Phi) is 42.1. The van der Waals surface area contributed by atoms with Crippen LogP contribution in [0.1, 0.15) is 187 Å². The summed E-state index contributed by atoms with van der Waals surface area (Å²) < 4.78 is 34.2. The molecule has 3 saturated heterocycles. The molecule has 17 atom stereocenters. The van der Waals surface area contributed by atoms with Crippen LogP contribution < -0.4 is 5.32 Å². The summed E-state index contributed by atoms with van der Waals surface area (Å²) in [5.41, 5.74) is 0.